The first kappa shape index (κ1) is 17.1. The lowest BCUT2D eigenvalue weighted by molar-refractivity contribution is 0.0616. The van der Waals surface area contributed by atoms with Crippen LogP contribution < -0.4 is 0 Å². The molecule has 0 amide bonds. The van der Waals surface area contributed by atoms with Crippen LogP contribution in [0.2, 0.25) is 0 Å². The fourth-order valence-electron chi connectivity index (χ4n) is 5.89. The minimum atomic E-state index is 0.385. The molecular weight excluding hydrogens is 328 g/mol. The highest BCUT2D eigenvalue weighted by atomic mass is 15.4. The van der Waals surface area contributed by atoms with E-state index in [0.29, 0.717) is 11.6 Å². The molecule has 2 aromatic rings. The van der Waals surface area contributed by atoms with Crippen LogP contribution in [0.25, 0.3) is 0 Å². The summed E-state index contributed by atoms with van der Waals surface area (Å²) < 4.78 is 0. The molecule has 0 bridgehead atoms. The number of benzene rings is 2. The minimum absolute atomic E-state index is 0.385. The average molecular weight is 359 g/mol. The summed E-state index contributed by atoms with van der Waals surface area (Å²) >= 11 is 0. The van der Waals surface area contributed by atoms with E-state index in [1.807, 2.05) is 0 Å². The van der Waals surface area contributed by atoms with Crippen LogP contribution in [-0.4, -0.2) is 22.5 Å². The standard InChI is InChI=1S/C25H30N2/c1-25-16-17-26(18-20-10-4-2-5-11-20)24(25)27(19-21-12-6-3-7-13-21)23-15-9-8-14-22(23)25/h2-7,10-13,15,22,24H,8-9,14,16-19H2,1H3. The van der Waals surface area contributed by atoms with Gasteiger partial charge >= 0.3 is 0 Å². The molecule has 2 fully saturated rings. The van der Waals surface area contributed by atoms with E-state index in [4.69, 9.17) is 0 Å². The first-order valence-electron chi connectivity index (χ1n) is 10.5. The van der Waals surface area contributed by atoms with Crippen LogP contribution in [0.15, 0.2) is 72.4 Å². The van der Waals surface area contributed by atoms with Gasteiger partial charge in [-0.15, -0.1) is 0 Å². The van der Waals surface area contributed by atoms with Gasteiger partial charge in [0.05, 0.1) is 6.17 Å². The molecule has 0 aromatic heterocycles. The molecule has 27 heavy (non-hydrogen) atoms. The van der Waals surface area contributed by atoms with Crippen LogP contribution in [0.4, 0.5) is 0 Å². The lowest BCUT2D eigenvalue weighted by Crippen LogP contribution is -2.44. The van der Waals surface area contributed by atoms with Crippen molar-refractivity contribution in [2.75, 3.05) is 6.54 Å². The summed E-state index contributed by atoms with van der Waals surface area (Å²) in [5.74, 6) is 0.737. The molecule has 2 aliphatic heterocycles. The minimum Gasteiger partial charge on any atom is -0.354 e. The summed E-state index contributed by atoms with van der Waals surface area (Å²) in [5.41, 5.74) is 4.88. The van der Waals surface area contributed by atoms with Crippen molar-refractivity contribution in [3.63, 3.8) is 0 Å². The number of nitrogens with zero attached hydrogens (tertiary/aromatic N) is 2. The Morgan fingerprint density at radius 2 is 1.59 bits per heavy atom. The molecule has 3 atom stereocenters. The molecule has 2 nitrogen and oxygen atoms in total. The molecule has 5 rings (SSSR count). The molecule has 2 saturated heterocycles. The summed E-state index contributed by atoms with van der Waals surface area (Å²) in [5, 5.41) is 0. The zero-order valence-corrected chi connectivity index (χ0v) is 16.3. The molecule has 1 aliphatic carbocycles. The molecule has 0 radical (unpaired) electrons. The van der Waals surface area contributed by atoms with Crippen LogP contribution in [-0.2, 0) is 13.1 Å². The molecular formula is C25H30N2. The van der Waals surface area contributed by atoms with Crippen molar-refractivity contribution in [1.29, 1.82) is 0 Å². The monoisotopic (exact) mass is 358 g/mol. The topological polar surface area (TPSA) is 6.48 Å². The number of rotatable bonds is 4. The second-order valence-electron chi connectivity index (χ2n) is 8.81. The zero-order valence-electron chi connectivity index (χ0n) is 16.3. The highest BCUT2D eigenvalue weighted by Gasteiger charge is 2.58. The van der Waals surface area contributed by atoms with Crippen LogP contribution in [0.1, 0.15) is 43.7 Å². The number of hydrogen-bond donors (Lipinski definition) is 0. The van der Waals surface area contributed by atoms with E-state index in [9.17, 15) is 0 Å². The van der Waals surface area contributed by atoms with Crippen molar-refractivity contribution in [2.24, 2.45) is 11.3 Å². The average Bonchev–Trinajstić information content (AvgIpc) is 3.16. The van der Waals surface area contributed by atoms with Gasteiger partial charge in [-0.3, -0.25) is 4.90 Å². The zero-order chi connectivity index (χ0) is 18.3. The number of allylic oxidation sites excluding steroid dienone is 2. The predicted octanol–water partition coefficient (Wildman–Crippen LogP) is 5.42. The number of likely N-dealkylation sites (tertiary alicyclic amines) is 2. The molecule has 3 unspecified atom stereocenters. The second-order valence-corrected chi connectivity index (χ2v) is 8.81. The van der Waals surface area contributed by atoms with Crippen LogP contribution in [0, 0.1) is 11.3 Å². The van der Waals surface area contributed by atoms with Gasteiger partial charge in [0, 0.05) is 36.7 Å². The Hall–Kier alpha value is -2.06. The SMILES string of the molecule is CC12CCN(Cc3ccccc3)C1N(Cc1ccccc1)C1=CCCCC12. The number of fused-ring (bicyclic) bond motifs is 3. The third-order valence-corrected chi connectivity index (χ3v) is 7.13. The van der Waals surface area contributed by atoms with Gasteiger partial charge in [-0.1, -0.05) is 73.7 Å². The molecule has 2 aromatic carbocycles. The maximum Gasteiger partial charge on any atom is 0.0885 e. The third-order valence-electron chi connectivity index (χ3n) is 7.13. The molecule has 2 heterocycles. The predicted molar refractivity (Wildman–Crippen MR) is 111 cm³/mol. The molecule has 3 aliphatic rings. The molecule has 140 valence electrons. The Morgan fingerprint density at radius 3 is 2.30 bits per heavy atom. The van der Waals surface area contributed by atoms with Crippen molar-refractivity contribution >= 4 is 0 Å². The Bertz CT molecular complexity index is 813. The van der Waals surface area contributed by atoms with Gasteiger partial charge in [0.15, 0.2) is 0 Å². The maximum atomic E-state index is 2.76. The van der Waals surface area contributed by atoms with E-state index in [2.05, 4.69) is 83.5 Å². The fourth-order valence-corrected chi connectivity index (χ4v) is 5.89. The van der Waals surface area contributed by atoms with Gasteiger partial charge in [-0.05, 0) is 36.8 Å². The van der Waals surface area contributed by atoms with Gasteiger partial charge in [-0.25, -0.2) is 0 Å². The van der Waals surface area contributed by atoms with Gasteiger partial charge in [0.1, 0.15) is 0 Å². The summed E-state index contributed by atoms with van der Waals surface area (Å²) in [6.07, 6.45) is 8.36. The Morgan fingerprint density at radius 1 is 0.926 bits per heavy atom. The van der Waals surface area contributed by atoms with Crippen molar-refractivity contribution < 1.29 is 0 Å². The van der Waals surface area contributed by atoms with Gasteiger partial charge < -0.3 is 4.90 Å². The second kappa shape index (κ2) is 6.83. The highest BCUT2D eigenvalue weighted by Crippen LogP contribution is 2.58. The Kier molecular flexibility index (Phi) is 4.32. The number of hydrogen-bond acceptors (Lipinski definition) is 2. The molecule has 0 N–H and O–H groups in total. The summed E-state index contributed by atoms with van der Waals surface area (Å²) in [7, 11) is 0. The highest BCUT2D eigenvalue weighted by molar-refractivity contribution is 5.27. The summed E-state index contributed by atoms with van der Waals surface area (Å²) in [6, 6.07) is 22.0. The van der Waals surface area contributed by atoms with Gasteiger partial charge in [-0.2, -0.15) is 0 Å². The van der Waals surface area contributed by atoms with Crippen molar-refractivity contribution in [2.45, 2.75) is 51.9 Å². The summed E-state index contributed by atoms with van der Waals surface area (Å²) in [4.78, 5) is 5.51. The first-order valence-corrected chi connectivity index (χ1v) is 10.5. The smallest absolute Gasteiger partial charge is 0.0885 e. The van der Waals surface area contributed by atoms with E-state index in [1.54, 1.807) is 5.70 Å². The van der Waals surface area contributed by atoms with E-state index < -0.39 is 0 Å². The van der Waals surface area contributed by atoms with E-state index in [-0.39, 0.29) is 0 Å². The first-order chi connectivity index (χ1) is 13.3. The van der Waals surface area contributed by atoms with Crippen LogP contribution in [0.5, 0.6) is 0 Å². The van der Waals surface area contributed by atoms with Crippen molar-refractivity contribution in [3.8, 4) is 0 Å². The fraction of sp³-hybridized carbons (Fsp3) is 0.440. The normalized spacial score (nSPS) is 30.1. The Labute approximate surface area is 163 Å². The molecule has 0 spiro atoms. The lowest BCUT2D eigenvalue weighted by Gasteiger charge is -2.37. The largest absolute Gasteiger partial charge is 0.354 e. The third kappa shape index (κ3) is 2.91. The van der Waals surface area contributed by atoms with Crippen molar-refractivity contribution in [3.05, 3.63) is 83.6 Å². The summed E-state index contributed by atoms with van der Waals surface area (Å²) in [6.45, 7) is 5.88. The lowest BCUT2D eigenvalue weighted by atomic mass is 9.72. The Balaban J connectivity index is 1.49. The molecule has 0 saturated carbocycles. The maximum absolute atomic E-state index is 2.76. The van der Waals surface area contributed by atoms with E-state index in [1.165, 1.54) is 43.4 Å². The van der Waals surface area contributed by atoms with Crippen LogP contribution in [0.3, 0.4) is 0 Å². The van der Waals surface area contributed by atoms with Crippen molar-refractivity contribution in [1.82, 2.24) is 9.80 Å². The van der Waals surface area contributed by atoms with Crippen LogP contribution >= 0.6 is 0 Å². The van der Waals surface area contributed by atoms with E-state index in [0.717, 1.165) is 19.0 Å². The van der Waals surface area contributed by atoms with Gasteiger partial charge in [0.25, 0.3) is 0 Å². The molecule has 2 heteroatoms. The van der Waals surface area contributed by atoms with Gasteiger partial charge in [0.2, 0.25) is 0 Å². The quantitative estimate of drug-likeness (QED) is 0.719. The van der Waals surface area contributed by atoms with E-state index >= 15 is 0 Å².